The monoisotopic (exact) mass is 383 g/mol. The van der Waals surface area contributed by atoms with Crippen LogP contribution >= 0.6 is 11.3 Å². The molecule has 7 heteroatoms. The number of ether oxygens (including phenoxy) is 1. The lowest BCUT2D eigenvalue weighted by atomic mass is 9.97. The van der Waals surface area contributed by atoms with E-state index in [1.165, 1.54) is 4.90 Å². The van der Waals surface area contributed by atoms with Crippen LogP contribution in [-0.4, -0.2) is 37.9 Å². The average Bonchev–Trinajstić information content (AvgIpc) is 3.15. The quantitative estimate of drug-likeness (QED) is 0.344. The number of hydrogen-bond acceptors (Lipinski definition) is 5. The number of amides is 2. The predicted molar refractivity (Wildman–Crippen MR) is 102 cm³/mol. The van der Waals surface area contributed by atoms with Gasteiger partial charge in [-0.25, -0.2) is 9.69 Å². The molecule has 5 nitrogen and oxygen atoms in total. The lowest BCUT2D eigenvalue weighted by molar-refractivity contribution is -0.160. The molecule has 2 amide bonds. The molecule has 1 saturated heterocycles. The van der Waals surface area contributed by atoms with E-state index in [0.717, 1.165) is 35.9 Å². The molecule has 1 aliphatic heterocycles. The summed E-state index contributed by atoms with van der Waals surface area (Å²) in [6.07, 6.45) is 0.644. The van der Waals surface area contributed by atoms with Gasteiger partial charge in [-0.2, -0.15) is 0 Å². The predicted octanol–water partition coefficient (Wildman–Crippen LogP) is 4.96. The van der Waals surface area contributed by atoms with E-state index >= 15 is 0 Å². The van der Waals surface area contributed by atoms with Gasteiger partial charge in [0.2, 0.25) is 0 Å². The zero-order valence-corrected chi connectivity index (χ0v) is 17.4. The van der Waals surface area contributed by atoms with Crippen molar-refractivity contribution in [2.75, 3.05) is 6.61 Å². The fourth-order valence-electron chi connectivity index (χ4n) is 3.16. The number of unbranched alkanes of at least 4 members (excludes halogenated alkanes) is 1. The zero-order chi connectivity index (χ0) is 18.4. The molecule has 0 aliphatic carbocycles. The van der Waals surface area contributed by atoms with Crippen molar-refractivity contribution in [3.05, 3.63) is 22.4 Å². The maximum Gasteiger partial charge on any atom is 0.417 e. The maximum atomic E-state index is 12.7. The van der Waals surface area contributed by atoms with E-state index in [0.29, 0.717) is 6.61 Å². The Balaban J connectivity index is 2.18. The number of β-lactam (4-membered cyclic amide) rings is 1. The van der Waals surface area contributed by atoms with Gasteiger partial charge in [-0.05, 0) is 36.0 Å². The Morgan fingerprint density at radius 1 is 1.24 bits per heavy atom. The number of rotatable bonds is 9. The van der Waals surface area contributed by atoms with Crippen LogP contribution in [0.1, 0.15) is 51.5 Å². The smallest absolute Gasteiger partial charge is 0.417 e. The number of thiophene rings is 1. The van der Waals surface area contributed by atoms with Crippen LogP contribution in [-0.2, 0) is 14.0 Å². The van der Waals surface area contributed by atoms with Crippen molar-refractivity contribution < 1.29 is 18.8 Å². The van der Waals surface area contributed by atoms with E-state index in [2.05, 4.69) is 20.8 Å². The van der Waals surface area contributed by atoms with Gasteiger partial charge in [0.05, 0.1) is 6.61 Å². The molecule has 2 atom stereocenters. The molecule has 0 spiro atoms. The lowest BCUT2D eigenvalue weighted by Gasteiger charge is -2.47. The third-order valence-electron chi connectivity index (χ3n) is 5.11. The summed E-state index contributed by atoms with van der Waals surface area (Å²) in [6.45, 7) is 8.79. The first-order chi connectivity index (χ1) is 12.0. The molecule has 0 radical (unpaired) electrons. The van der Waals surface area contributed by atoms with Crippen molar-refractivity contribution in [1.82, 2.24) is 4.90 Å². The van der Waals surface area contributed by atoms with Crippen molar-refractivity contribution >= 4 is 31.7 Å². The van der Waals surface area contributed by atoms with Crippen LogP contribution in [0, 0.1) is 0 Å². The number of nitrogens with zero attached hydrogens (tertiary/aromatic N) is 1. The molecule has 2 heterocycles. The summed E-state index contributed by atoms with van der Waals surface area (Å²) in [5, 5.41) is 1.96. The number of hydrogen-bond donors (Lipinski definition) is 0. The van der Waals surface area contributed by atoms with Crippen LogP contribution in [0.3, 0.4) is 0 Å². The van der Waals surface area contributed by atoms with E-state index in [1.807, 2.05) is 24.4 Å². The molecule has 2 rings (SSSR count). The molecule has 0 bridgehead atoms. The SMILES string of the molecule is CCCCOC(=O)N1C(=O)[C@@H](O[Si](CC)(CC)CC)[C@H]1c1cccs1. The summed E-state index contributed by atoms with van der Waals surface area (Å²) >= 11 is 1.54. The summed E-state index contributed by atoms with van der Waals surface area (Å²) in [5.74, 6) is -0.257. The first-order valence-corrected chi connectivity index (χ1v) is 12.7. The summed E-state index contributed by atoms with van der Waals surface area (Å²) in [7, 11) is -1.94. The number of carbonyl (C=O) groups is 2. The van der Waals surface area contributed by atoms with Crippen molar-refractivity contribution in [2.45, 2.75) is 70.8 Å². The third kappa shape index (κ3) is 4.15. The van der Waals surface area contributed by atoms with E-state index in [1.54, 1.807) is 11.3 Å². The molecule has 1 aromatic rings. The van der Waals surface area contributed by atoms with Gasteiger partial charge in [-0.1, -0.05) is 40.2 Å². The van der Waals surface area contributed by atoms with Crippen LogP contribution in [0.2, 0.25) is 18.1 Å². The minimum Gasteiger partial charge on any atom is -0.449 e. The fraction of sp³-hybridized carbons (Fsp3) is 0.667. The van der Waals surface area contributed by atoms with Crippen LogP contribution in [0.4, 0.5) is 4.79 Å². The van der Waals surface area contributed by atoms with E-state index in [9.17, 15) is 9.59 Å². The highest BCUT2D eigenvalue weighted by molar-refractivity contribution is 7.10. The Bertz CT molecular complexity index is 565. The second kappa shape index (κ2) is 8.96. The van der Waals surface area contributed by atoms with E-state index < -0.39 is 20.5 Å². The molecule has 140 valence electrons. The Labute approximate surface area is 155 Å². The van der Waals surface area contributed by atoms with Crippen LogP contribution in [0.25, 0.3) is 0 Å². The molecule has 0 aromatic carbocycles. The Morgan fingerprint density at radius 2 is 1.92 bits per heavy atom. The molecular weight excluding hydrogens is 354 g/mol. The average molecular weight is 384 g/mol. The second-order valence-electron chi connectivity index (χ2n) is 6.42. The minimum absolute atomic E-state index is 0.257. The molecule has 25 heavy (non-hydrogen) atoms. The number of imide groups is 1. The van der Waals surface area contributed by atoms with Gasteiger partial charge in [0.25, 0.3) is 5.91 Å². The standard InChI is InChI=1S/C18H29NO4SSi/c1-5-9-12-22-18(21)19-15(14-11-10-13-24-14)16(17(19)20)23-25(6-2,7-3)8-4/h10-11,13,15-16H,5-9,12H2,1-4H3/t15-,16+/m1/s1. The van der Waals surface area contributed by atoms with Crippen LogP contribution in [0.5, 0.6) is 0 Å². The molecule has 0 unspecified atom stereocenters. The maximum absolute atomic E-state index is 12.7. The van der Waals surface area contributed by atoms with Gasteiger partial charge in [0.15, 0.2) is 14.4 Å². The molecule has 0 saturated carbocycles. The highest BCUT2D eigenvalue weighted by atomic mass is 32.1. The van der Waals surface area contributed by atoms with Gasteiger partial charge >= 0.3 is 6.09 Å². The van der Waals surface area contributed by atoms with Crippen LogP contribution < -0.4 is 0 Å². The van der Waals surface area contributed by atoms with Gasteiger partial charge in [0.1, 0.15) is 6.04 Å². The lowest BCUT2D eigenvalue weighted by Crippen LogP contribution is -2.64. The minimum atomic E-state index is -1.94. The highest BCUT2D eigenvalue weighted by Gasteiger charge is 2.55. The summed E-state index contributed by atoms with van der Waals surface area (Å²) < 4.78 is 11.7. The molecule has 1 fully saturated rings. The zero-order valence-electron chi connectivity index (χ0n) is 15.6. The molecule has 1 aliphatic rings. The van der Waals surface area contributed by atoms with Crippen molar-refractivity contribution in [2.24, 2.45) is 0 Å². The largest absolute Gasteiger partial charge is 0.449 e. The van der Waals surface area contributed by atoms with Gasteiger partial charge < -0.3 is 9.16 Å². The van der Waals surface area contributed by atoms with Crippen molar-refractivity contribution in [1.29, 1.82) is 0 Å². The third-order valence-corrected chi connectivity index (χ3v) is 10.7. The molecular formula is C18H29NO4SSi. The topological polar surface area (TPSA) is 55.8 Å². The van der Waals surface area contributed by atoms with Crippen LogP contribution in [0.15, 0.2) is 17.5 Å². The highest BCUT2D eigenvalue weighted by Crippen LogP contribution is 2.42. The molecule has 1 aromatic heterocycles. The Morgan fingerprint density at radius 3 is 2.44 bits per heavy atom. The number of carbonyl (C=O) groups excluding carboxylic acids is 2. The van der Waals surface area contributed by atoms with Crippen molar-refractivity contribution in [3.8, 4) is 0 Å². The Kier molecular flexibility index (Phi) is 7.21. The van der Waals surface area contributed by atoms with Crippen molar-refractivity contribution in [3.63, 3.8) is 0 Å². The van der Waals surface area contributed by atoms with E-state index in [-0.39, 0.29) is 11.9 Å². The van der Waals surface area contributed by atoms with Gasteiger partial charge in [0, 0.05) is 4.88 Å². The summed E-state index contributed by atoms with van der Waals surface area (Å²) in [4.78, 5) is 27.3. The number of likely N-dealkylation sites (tertiary alicyclic amines) is 1. The molecule has 0 N–H and O–H groups in total. The first-order valence-electron chi connectivity index (χ1n) is 9.24. The second-order valence-corrected chi connectivity index (χ2v) is 12.1. The summed E-state index contributed by atoms with van der Waals surface area (Å²) in [6, 6.07) is 6.46. The van der Waals surface area contributed by atoms with Gasteiger partial charge in [-0.15, -0.1) is 11.3 Å². The first kappa shape index (κ1) is 20.1. The van der Waals surface area contributed by atoms with Gasteiger partial charge in [-0.3, -0.25) is 4.79 Å². The Hall–Kier alpha value is -1.18. The fourth-order valence-corrected chi connectivity index (χ4v) is 6.77. The van der Waals surface area contributed by atoms with E-state index in [4.69, 9.17) is 9.16 Å². The summed E-state index contributed by atoms with van der Waals surface area (Å²) in [5.41, 5.74) is 0. The normalized spacial score (nSPS) is 20.5.